The summed E-state index contributed by atoms with van der Waals surface area (Å²) in [4.78, 5) is 37.2. The molecule has 1 aliphatic rings. The Kier molecular flexibility index (Phi) is 6.79. The molecule has 150 valence electrons. The summed E-state index contributed by atoms with van der Waals surface area (Å²) in [5.41, 5.74) is 1.93. The third kappa shape index (κ3) is 4.90. The van der Waals surface area contributed by atoms with Gasteiger partial charge in [0.15, 0.2) is 0 Å². The number of ketones is 1. The zero-order valence-electron chi connectivity index (χ0n) is 16.3. The quantitative estimate of drug-likeness (QED) is 0.281. The summed E-state index contributed by atoms with van der Waals surface area (Å²) in [5, 5.41) is 0. The Morgan fingerprint density at radius 3 is 2.62 bits per heavy atom. The second kappa shape index (κ2) is 9.68. The van der Waals surface area contributed by atoms with Gasteiger partial charge < -0.3 is 14.4 Å². The van der Waals surface area contributed by atoms with Crippen LogP contribution in [0.25, 0.3) is 6.08 Å². The Morgan fingerprint density at radius 2 is 1.79 bits per heavy atom. The zero-order chi connectivity index (χ0) is 20.6. The molecule has 3 rings (SSSR count). The van der Waals surface area contributed by atoms with Crippen molar-refractivity contribution in [2.24, 2.45) is 0 Å². The van der Waals surface area contributed by atoms with Gasteiger partial charge in [-0.05, 0) is 44.0 Å². The monoisotopic (exact) mass is 393 g/mol. The van der Waals surface area contributed by atoms with Crippen LogP contribution in [0.3, 0.4) is 0 Å². The molecule has 6 nitrogen and oxygen atoms in total. The number of rotatable bonds is 9. The number of ether oxygens (including phenoxy) is 2. The fourth-order valence-corrected chi connectivity index (χ4v) is 3.12. The average molecular weight is 393 g/mol. The molecule has 0 N–H and O–H groups in total. The normalized spacial score (nSPS) is 13.1. The van der Waals surface area contributed by atoms with Crippen molar-refractivity contribution in [1.82, 2.24) is 0 Å². The molecule has 0 radical (unpaired) electrons. The minimum Gasteiger partial charge on any atom is -0.493 e. The number of carbonyl (C=O) groups is 3. The summed E-state index contributed by atoms with van der Waals surface area (Å²) in [7, 11) is 0. The molecule has 29 heavy (non-hydrogen) atoms. The summed E-state index contributed by atoms with van der Waals surface area (Å²) in [6.07, 6.45) is 4.46. The van der Waals surface area contributed by atoms with E-state index in [-0.39, 0.29) is 0 Å². The van der Waals surface area contributed by atoms with Crippen molar-refractivity contribution >= 4 is 29.4 Å². The van der Waals surface area contributed by atoms with Crippen LogP contribution in [0.1, 0.15) is 35.7 Å². The molecule has 0 aliphatic carbocycles. The number of para-hydroxylation sites is 2. The number of nitrogens with zero attached hydrogens (tertiary/aromatic N) is 1. The number of hydrogen-bond donors (Lipinski definition) is 0. The van der Waals surface area contributed by atoms with E-state index in [1.165, 1.54) is 11.0 Å². The van der Waals surface area contributed by atoms with Crippen molar-refractivity contribution in [1.29, 1.82) is 0 Å². The van der Waals surface area contributed by atoms with Gasteiger partial charge in [-0.2, -0.15) is 0 Å². The minimum absolute atomic E-state index is 0.330. The Morgan fingerprint density at radius 1 is 1.03 bits per heavy atom. The smallest absolute Gasteiger partial charge is 0.330 e. The maximum absolute atomic E-state index is 12.2. The number of fused-ring (bicyclic) bond motifs is 1. The van der Waals surface area contributed by atoms with E-state index in [9.17, 15) is 14.4 Å². The van der Waals surface area contributed by atoms with E-state index in [0.29, 0.717) is 43.2 Å². The maximum Gasteiger partial charge on any atom is 0.330 e. The summed E-state index contributed by atoms with van der Waals surface area (Å²) < 4.78 is 10.7. The highest BCUT2D eigenvalue weighted by atomic mass is 16.5. The van der Waals surface area contributed by atoms with Crippen LogP contribution < -0.4 is 9.64 Å². The molecule has 1 aliphatic heterocycles. The maximum atomic E-state index is 12.2. The second-order valence-corrected chi connectivity index (χ2v) is 6.48. The van der Waals surface area contributed by atoms with E-state index in [1.54, 1.807) is 31.2 Å². The van der Waals surface area contributed by atoms with Gasteiger partial charge >= 0.3 is 5.97 Å². The van der Waals surface area contributed by atoms with Gasteiger partial charge in [0.1, 0.15) is 5.75 Å². The zero-order valence-corrected chi connectivity index (χ0v) is 16.3. The summed E-state index contributed by atoms with van der Waals surface area (Å²) in [6, 6.07) is 14.5. The molecule has 2 aromatic rings. The number of anilines is 1. The predicted octanol–water partition coefficient (Wildman–Crippen LogP) is 3.65. The van der Waals surface area contributed by atoms with Crippen LogP contribution in [0, 0.1) is 0 Å². The lowest BCUT2D eigenvalue weighted by atomic mass is 10.1. The number of unbranched alkanes of at least 4 members (excludes halogenated alkanes) is 1. The lowest BCUT2D eigenvalue weighted by Gasteiger charge is -2.16. The van der Waals surface area contributed by atoms with Gasteiger partial charge in [-0.1, -0.05) is 30.3 Å². The van der Waals surface area contributed by atoms with Crippen LogP contribution in [0.2, 0.25) is 0 Å². The second-order valence-electron chi connectivity index (χ2n) is 6.48. The van der Waals surface area contributed by atoms with Crippen molar-refractivity contribution in [3.8, 4) is 5.75 Å². The summed E-state index contributed by atoms with van der Waals surface area (Å²) >= 11 is 0. The number of esters is 1. The molecule has 6 heteroatoms. The van der Waals surface area contributed by atoms with E-state index < -0.39 is 17.7 Å². The summed E-state index contributed by atoms with van der Waals surface area (Å²) in [5.74, 6) is -0.640. The Labute approximate surface area is 169 Å². The van der Waals surface area contributed by atoms with Crippen LogP contribution in [0.15, 0.2) is 54.6 Å². The van der Waals surface area contributed by atoms with Crippen LogP contribution in [0.4, 0.5) is 5.69 Å². The third-order valence-electron chi connectivity index (χ3n) is 4.52. The third-order valence-corrected chi connectivity index (χ3v) is 4.52. The largest absolute Gasteiger partial charge is 0.493 e. The van der Waals surface area contributed by atoms with Crippen molar-refractivity contribution in [3.05, 3.63) is 65.7 Å². The van der Waals surface area contributed by atoms with Gasteiger partial charge in [-0.15, -0.1) is 0 Å². The molecule has 1 heterocycles. The standard InChI is InChI=1S/C23H23NO5/c1-2-28-21(25)14-13-17-9-3-6-12-20(17)29-16-8-7-15-24-19-11-5-4-10-18(19)22(26)23(24)27/h3-6,9-14H,2,7-8,15-16H2,1H3/b14-13+. The molecule has 0 saturated heterocycles. The molecule has 0 fully saturated rings. The van der Waals surface area contributed by atoms with Crippen molar-refractivity contribution in [3.63, 3.8) is 0 Å². The van der Waals surface area contributed by atoms with Crippen molar-refractivity contribution in [2.75, 3.05) is 24.7 Å². The number of amides is 1. The first-order valence-corrected chi connectivity index (χ1v) is 9.63. The van der Waals surface area contributed by atoms with Crippen LogP contribution >= 0.6 is 0 Å². The molecular formula is C23H23NO5. The Bertz CT molecular complexity index is 934. The first kappa shape index (κ1) is 20.3. The number of carbonyl (C=O) groups excluding carboxylic acids is 3. The lowest BCUT2D eigenvalue weighted by Crippen LogP contribution is -2.30. The molecule has 1 amide bonds. The van der Waals surface area contributed by atoms with E-state index in [4.69, 9.17) is 9.47 Å². The Balaban J connectivity index is 1.50. The van der Waals surface area contributed by atoms with Crippen LogP contribution in [0.5, 0.6) is 5.75 Å². The molecule has 2 aromatic carbocycles. The van der Waals surface area contributed by atoms with Crippen molar-refractivity contribution < 1.29 is 23.9 Å². The molecule has 0 spiro atoms. The van der Waals surface area contributed by atoms with Gasteiger partial charge in [0.25, 0.3) is 11.7 Å². The molecule has 0 atom stereocenters. The van der Waals surface area contributed by atoms with E-state index in [0.717, 1.165) is 12.0 Å². The van der Waals surface area contributed by atoms with Gasteiger partial charge in [0.2, 0.25) is 0 Å². The number of Topliss-reactive ketones (excluding diaryl/α,β-unsaturated/α-hetero) is 1. The van der Waals surface area contributed by atoms with E-state index in [2.05, 4.69) is 0 Å². The molecule has 0 bridgehead atoms. The minimum atomic E-state index is -0.471. The first-order valence-electron chi connectivity index (χ1n) is 9.63. The fourth-order valence-electron chi connectivity index (χ4n) is 3.12. The fraction of sp³-hybridized carbons (Fsp3) is 0.261. The first-order chi connectivity index (χ1) is 14.1. The molecule has 0 unspecified atom stereocenters. The molecule has 0 aromatic heterocycles. The average Bonchev–Trinajstić information content (AvgIpc) is 2.98. The van der Waals surface area contributed by atoms with E-state index >= 15 is 0 Å². The highest BCUT2D eigenvalue weighted by Crippen LogP contribution is 2.28. The number of hydrogen-bond acceptors (Lipinski definition) is 5. The van der Waals surface area contributed by atoms with Gasteiger partial charge in [0, 0.05) is 18.2 Å². The van der Waals surface area contributed by atoms with Gasteiger partial charge in [-0.25, -0.2) is 4.79 Å². The van der Waals surface area contributed by atoms with Crippen molar-refractivity contribution in [2.45, 2.75) is 19.8 Å². The highest BCUT2D eigenvalue weighted by Gasteiger charge is 2.34. The van der Waals surface area contributed by atoms with Gasteiger partial charge in [-0.3, -0.25) is 9.59 Å². The van der Waals surface area contributed by atoms with Crippen LogP contribution in [-0.4, -0.2) is 37.4 Å². The van der Waals surface area contributed by atoms with Gasteiger partial charge in [0.05, 0.1) is 24.5 Å². The Hall–Kier alpha value is -3.41. The summed E-state index contributed by atoms with van der Waals surface area (Å²) in [6.45, 7) is 3.02. The molecular weight excluding hydrogens is 370 g/mol. The predicted molar refractivity (Wildman–Crippen MR) is 110 cm³/mol. The topological polar surface area (TPSA) is 72.9 Å². The van der Waals surface area contributed by atoms with E-state index in [1.807, 2.05) is 30.3 Å². The van der Waals surface area contributed by atoms with Crippen LogP contribution in [-0.2, 0) is 14.3 Å². The lowest BCUT2D eigenvalue weighted by molar-refractivity contribution is -0.137. The molecule has 0 saturated carbocycles. The SMILES string of the molecule is CCOC(=O)/C=C/c1ccccc1OCCCCN1C(=O)C(=O)c2ccccc21. The number of benzene rings is 2. The highest BCUT2D eigenvalue weighted by molar-refractivity contribution is 6.52.